The summed E-state index contributed by atoms with van der Waals surface area (Å²) in [6.45, 7) is 7.48. The first-order chi connectivity index (χ1) is 8.54. The Bertz CT molecular complexity index is 485. The largest absolute Gasteiger partial charge is 0.312 e. The SMILES string of the molecule is CC(C)(C)NCCc1csc(-c2ccccn2)n1. The van der Waals surface area contributed by atoms with E-state index in [4.69, 9.17) is 0 Å². The van der Waals surface area contributed by atoms with Gasteiger partial charge in [-0.05, 0) is 32.9 Å². The fourth-order valence-corrected chi connectivity index (χ4v) is 2.42. The quantitative estimate of drug-likeness (QED) is 0.919. The van der Waals surface area contributed by atoms with Gasteiger partial charge < -0.3 is 5.32 Å². The lowest BCUT2D eigenvalue weighted by Gasteiger charge is -2.19. The summed E-state index contributed by atoms with van der Waals surface area (Å²) in [5.41, 5.74) is 2.26. The van der Waals surface area contributed by atoms with E-state index in [1.54, 1.807) is 17.5 Å². The van der Waals surface area contributed by atoms with Crippen molar-refractivity contribution in [1.82, 2.24) is 15.3 Å². The molecule has 0 aliphatic rings. The van der Waals surface area contributed by atoms with E-state index in [0.717, 1.165) is 29.4 Å². The molecule has 2 rings (SSSR count). The Balaban J connectivity index is 1.95. The van der Waals surface area contributed by atoms with Crippen molar-refractivity contribution in [3.05, 3.63) is 35.5 Å². The van der Waals surface area contributed by atoms with Crippen LogP contribution in [0.2, 0.25) is 0 Å². The topological polar surface area (TPSA) is 37.8 Å². The van der Waals surface area contributed by atoms with Crippen LogP contribution < -0.4 is 5.32 Å². The van der Waals surface area contributed by atoms with E-state index in [2.05, 4.69) is 41.4 Å². The number of hydrogen-bond donors (Lipinski definition) is 1. The Labute approximate surface area is 112 Å². The number of rotatable bonds is 4. The highest BCUT2D eigenvalue weighted by Crippen LogP contribution is 2.21. The van der Waals surface area contributed by atoms with Crippen molar-refractivity contribution in [2.75, 3.05) is 6.54 Å². The highest BCUT2D eigenvalue weighted by Gasteiger charge is 2.09. The van der Waals surface area contributed by atoms with Crippen LogP contribution in [0, 0.1) is 0 Å². The molecule has 0 saturated heterocycles. The van der Waals surface area contributed by atoms with Crippen molar-refractivity contribution in [3.63, 3.8) is 0 Å². The zero-order chi connectivity index (χ0) is 13.0. The third kappa shape index (κ3) is 3.89. The lowest BCUT2D eigenvalue weighted by atomic mass is 10.1. The number of nitrogens with zero attached hydrogens (tertiary/aromatic N) is 2. The average molecular weight is 261 g/mol. The van der Waals surface area contributed by atoms with Gasteiger partial charge in [-0.3, -0.25) is 4.98 Å². The third-order valence-corrected chi connectivity index (χ3v) is 3.39. The van der Waals surface area contributed by atoms with Crippen molar-refractivity contribution in [1.29, 1.82) is 0 Å². The molecule has 0 atom stereocenters. The summed E-state index contributed by atoms with van der Waals surface area (Å²) in [5.74, 6) is 0. The molecule has 3 nitrogen and oxygen atoms in total. The molecule has 2 aromatic rings. The summed E-state index contributed by atoms with van der Waals surface area (Å²) in [6, 6.07) is 5.91. The summed E-state index contributed by atoms with van der Waals surface area (Å²) in [6.07, 6.45) is 2.76. The van der Waals surface area contributed by atoms with Gasteiger partial charge >= 0.3 is 0 Å². The monoisotopic (exact) mass is 261 g/mol. The molecule has 0 fully saturated rings. The predicted octanol–water partition coefficient (Wildman–Crippen LogP) is 3.14. The molecule has 2 heterocycles. The predicted molar refractivity (Wildman–Crippen MR) is 76.8 cm³/mol. The van der Waals surface area contributed by atoms with Crippen LogP contribution in [-0.2, 0) is 6.42 Å². The van der Waals surface area contributed by atoms with E-state index >= 15 is 0 Å². The summed E-state index contributed by atoms with van der Waals surface area (Å²) < 4.78 is 0. The number of pyridine rings is 1. The highest BCUT2D eigenvalue weighted by molar-refractivity contribution is 7.13. The van der Waals surface area contributed by atoms with E-state index in [0.29, 0.717) is 0 Å². The molecule has 0 aliphatic carbocycles. The highest BCUT2D eigenvalue weighted by atomic mass is 32.1. The number of hydrogen-bond acceptors (Lipinski definition) is 4. The maximum atomic E-state index is 4.62. The molecule has 0 spiro atoms. The Morgan fingerprint density at radius 3 is 2.78 bits per heavy atom. The fourth-order valence-electron chi connectivity index (χ4n) is 1.59. The lowest BCUT2D eigenvalue weighted by molar-refractivity contribution is 0.429. The molecule has 2 aromatic heterocycles. The van der Waals surface area contributed by atoms with Gasteiger partial charge in [-0.1, -0.05) is 6.07 Å². The van der Waals surface area contributed by atoms with Gasteiger partial charge in [-0.2, -0.15) is 0 Å². The fraction of sp³-hybridized carbons (Fsp3) is 0.429. The smallest absolute Gasteiger partial charge is 0.142 e. The van der Waals surface area contributed by atoms with Gasteiger partial charge in [0.1, 0.15) is 5.01 Å². The van der Waals surface area contributed by atoms with Crippen LogP contribution in [0.5, 0.6) is 0 Å². The molecule has 0 saturated carbocycles. The maximum Gasteiger partial charge on any atom is 0.142 e. The summed E-state index contributed by atoms with van der Waals surface area (Å²) >= 11 is 1.66. The number of nitrogens with one attached hydrogen (secondary N) is 1. The van der Waals surface area contributed by atoms with Gasteiger partial charge in [0.05, 0.1) is 11.4 Å². The van der Waals surface area contributed by atoms with Crippen LogP contribution in [0.1, 0.15) is 26.5 Å². The zero-order valence-corrected chi connectivity index (χ0v) is 11.9. The van der Waals surface area contributed by atoms with Crippen LogP contribution in [0.25, 0.3) is 10.7 Å². The van der Waals surface area contributed by atoms with E-state index in [9.17, 15) is 0 Å². The standard InChI is InChI=1S/C14H19N3S/c1-14(2,3)16-9-7-11-10-18-13(17-11)12-6-4-5-8-15-12/h4-6,8,10,16H,7,9H2,1-3H3. The Kier molecular flexibility index (Phi) is 4.09. The van der Waals surface area contributed by atoms with E-state index in [1.165, 1.54) is 0 Å². The Morgan fingerprint density at radius 2 is 2.11 bits per heavy atom. The molecule has 4 heteroatoms. The van der Waals surface area contributed by atoms with E-state index < -0.39 is 0 Å². The first kappa shape index (κ1) is 13.2. The van der Waals surface area contributed by atoms with Crippen LogP contribution in [0.3, 0.4) is 0 Å². The molecule has 0 aliphatic heterocycles. The molecule has 0 radical (unpaired) electrons. The lowest BCUT2D eigenvalue weighted by Crippen LogP contribution is -2.37. The zero-order valence-electron chi connectivity index (χ0n) is 11.1. The van der Waals surface area contributed by atoms with E-state index in [-0.39, 0.29) is 5.54 Å². The minimum atomic E-state index is 0.167. The first-order valence-corrected chi connectivity index (χ1v) is 7.03. The van der Waals surface area contributed by atoms with Crippen molar-refractivity contribution in [3.8, 4) is 10.7 Å². The van der Waals surface area contributed by atoms with Crippen molar-refractivity contribution < 1.29 is 0 Å². The molecule has 1 N–H and O–H groups in total. The van der Waals surface area contributed by atoms with Crippen molar-refractivity contribution in [2.45, 2.75) is 32.7 Å². The number of thiazole rings is 1. The molecular weight excluding hydrogens is 242 g/mol. The van der Waals surface area contributed by atoms with E-state index in [1.807, 2.05) is 18.2 Å². The summed E-state index contributed by atoms with van der Waals surface area (Å²) in [4.78, 5) is 8.93. The average Bonchev–Trinajstić information content (AvgIpc) is 2.77. The van der Waals surface area contributed by atoms with Crippen LogP contribution >= 0.6 is 11.3 Å². The molecule has 18 heavy (non-hydrogen) atoms. The molecule has 0 amide bonds. The van der Waals surface area contributed by atoms with Crippen molar-refractivity contribution in [2.24, 2.45) is 0 Å². The summed E-state index contributed by atoms with van der Waals surface area (Å²) in [5, 5.41) is 6.59. The molecule has 96 valence electrons. The van der Waals surface area contributed by atoms with Crippen LogP contribution in [0.15, 0.2) is 29.8 Å². The second-order valence-electron chi connectivity index (χ2n) is 5.29. The van der Waals surface area contributed by atoms with Crippen LogP contribution in [0.4, 0.5) is 0 Å². The molecule has 0 unspecified atom stereocenters. The van der Waals surface area contributed by atoms with Gasteiger partial charge in [0.2, 0.25) is 0 Å². The minimum Gasteiger partial charge on any atom is -0.312 e. The maximum absolute atomic E-state index is 4.62. The van der Waals surface area contributed by atoms with Gasteiger partial charge in [0.25, 0.3) is 0 Å². The Hall–Kier alpha value is -1.26. The molecule has 0 bridgehead atoms. The molecular formula is C14H19N3S. The first-order valence-electron chi connectivity index (χ1n) is 6.15. The third-order valence-electron chi connectivity index (χ3n) is 2.47. The van der Waals surface area contributed by atoms with Crippen molar-refractivity contribution >= 4 is 11.3 Å². The van der Waals surface area contributed by atoms with Gasteiger partial charge in [0.15, 0.2) is 0 Å². The Morgan fingerprint density at radius 1 is 1.28 bits per heavy atom. The normalized spacial score (nSPS) is 11.7. The van der Waals surface area contributed by atoms with Crippen LogP contribution in [-0.4, -0.2) is 22.1 Å². The van der Waals surface area contributed by atoms with Gasteiger partial charge in [0, 0.05) is 30.1 Å². The molecule has 0 aromatic carbocycles. The summed E-state index contributed by atoms with van der Waals surface area (Å²) in [7, 11) is 0. The minimum absolute atomic E-state index is 0.167. The second-order valence-corrected chi connectivity index (χ2v) is 6.14. The van der Waals surface area contributed by atoms with Gasteiger partial charge in [-0.25, -0.2) is 4.98 Å². The number of aromatic nitrogens is 2. The second kappa shape index (κ2) is 5.59. The van der Waals surface area contributed by atoms with Gasteiger partial charge in [-0.15, -0.1) is 11.3 Å².